The fraction of sp³-hybridized carbons (Fsp3) is 0.0588. The normalized spacial score (nSPS) is 11.5. The molecule has 4 rings (SSSR count). The second-order valence-electron chi connectivity index (χ2n) is 5.14. The summed E-state index contributed by atoms with van der Waals surface area (Å²) < 4.78 is 46.6. The van der Waals surface area contributed by atoms with Crippen LogP contribution < -0.4 is 0 Å². The zero-order valence-corrected chi connectivity index (χ0v) is 12.2. The van der Waals surface area contributed by atoms with Crippen molar-refractivity contribution >= 4 is 11.0 Å². The first-order chi connectivity index (χ1) is 11.6. The first-order valence-corrected chi connectivity index (χ1v) is 7.10. The number of halogens is 3. The molecule has 0 unspecified atom stereocenters. The van der Waals surface area contributed by atoms with Gasteiger partial charge in [-0.3, -0.25) is 0 Å². The topological polar surface area (TPSA) is 43.9 Å². The van der Waals surface area contributed by atoms with Gasteiger partial charge in [0.15, 0.2) is 11.4 Å². The number of rotatable bonds is 3. The second-order valence-corrected chi connectivity index (χ2v) is 5.14. The Morgan fingerprint density at radius 2 is 1.88 bits per heavy atom. The number of hydrogen-bond acceptors (Lipinski definition) is 3. The largest absolute Gasteiger partial charge is 0.463 e. The summed E-state index contributed by atoms with van der Waals surface area (Å²) in [6.45, 7) is 0. The molecule has 0 radical (unpaired) electrons. The lowest BCUT2D eigenvalue weighted by molar-refractivity contribution is 0.153. The van der Waals surface area contributed by atoms with Gasteiger partial charge in [0, 0.05) is 10.9 Å². The van der Waals surface area contributed by atoms with E-state index in [0.29, 0.717) is 11.4 Å². The van der Waals surface area contributed by atoms with E-state index in [9.17, 15) is 13.2 Å². The van der Waals surface area contributed by atoms with Crippen molar-refractivity contribution in [1.82, 2.24) is 14.8 Å². The predicted molar refractivity (Wildman–Crippen MR) is 81.5 cm³/mol. The van der Waals surface area contributed by atoms with Gasteiger partial charge in [-0.1, -0.05) is 0 Å². The van der Waals surface area contributed by atoms with Crippen LogP contribution in [0.4, 0.5) is 13.2 Å². The Morgan fingerprint density at radius 1 is 1.08 bits per heavy atom. The Balaban J connectivity index is 1.98. The van der Waals surface area contributed by atoms with Crippen LogP contribution in [0.3, 0.4) is 0 Å². The summed E-state index contributed by atoms with van der Waals surface area (Å²) in [7, 11) is 0. The summed E-state index contributed by atoms with van der Waals surface area (Å²) in [6.07, 6.45) is 0.0923. The summed E-state index contributed by atoms with van der Waals surface area (Å²) in [4.78, 5) is 4.40. The van der Waals surface area contributed by atoms with Crippen molar-refractivity contribution in [3.63, 3.8) is 0 Å². The van der Waals surface area contributed by atoms with Gasteiger partial charge >= 0.3 is 0 Å². The SMILES string of the molecule is Fc1ccc(-n2ncc3c(C(F)F)cc(-c4ccco4)nc32)cc1. The van der Waals surface area contributed by atoms with E-state index in [1.54, 1.807) is 12.1 Å². The highest BCUT2D eigenvalue weighted by molar-refractivity contribution is 5.83. The molecule has 0 saturated carbocycles. The number of benzene rings is 1. The number of hydrogen-bond donors (Lipinski definition) is 0. The summed E-state index contributed by atoms with van der Waals surface area (Å²) in [5, 5.41) is 4.37. The Hall–Kier alpha value is -3.09. The van der Waals surface area contributed by atoms with Crippen molar-refractivity contribution in [2.45, 2.75) is 6.43 Å². The van der Waals surface area contributed by atoms with Crippen LogP contribution in [-0.2, 0) is 0 Å². The minimum Gasteiger partial charge on any atom is -0.463 e. The highest BCUT2D eigenvalue weighted by Gasteiger charge is 2.19. The van der Waals surface area contributed by atoms with Crippen LogP contribution in [0.5, 0.6) is 0 Å². The van der Waals surface area contributed by atoms with E-state index in [0.717, 1.165) is 0 Å². The number of aromatic nitrogens is 3. The molecule has 7 heteroatoms. The molecule has 0 spiro atoms. The Labute approximate surface area is 134 Å². The van der Waals surface area contributed by atoms with Crippen LogP contribution in [0.1, 0.15) is 12.0 Å². The maximum absolute atomic E-state index is 13.4. The van der Waals surface area contributed by atoms with Gasteiger partial charge in [0.25, 0.3) is 6.43 Å². The monoisotopic (exact) mass is 329 g/mol. The minimum atomic E-state index is -2.69. The molecule has 120 valence electrons. The molecular formula is C17H10F3N3O. The van der Waals surface area contributed by atoms with E-state index in [-0.39, 0.29) is 22.3 Å². The Kier molecular flexibility index (Phi) is 3.34. The first kappa shape index (κ1) is 14.5. The zero-order chi connectivity index (χ0) is 16.7. The third-order valence-electron chi connectivity index (χ3n) is 3.65. The van der Waals surface area contributed by atoms with E-state index in [2.05, 4.69) is 10.1 Å². The molecule has 4 nitrogen and oxygen atoms in total. The van der Waals surface area contributed by atoms with Crippen LogP contribution in [0, 0.1) is 5.82 Å². The zero-order valence-electron chi connectivity index (χ0n) is 12.2. The summed E-state index contributed by atoms with van der Waals surface area (Å²) in [5.41, 5.74) is 0.882. The van der Waals surface area contributed by atoms with E-state index in [4.69, 9.17) is 4.42 Å². The summed E-state index contributed by atoms with van der Waals surface area (Å²) in [6, 6.07) is 10.1. The van der Waals surface area contributed by atoms with E-state index < -0.39 is 12.2 Å². The average Bonchev–Trinajstić information content (AvgIpc) is 3.24. The van der Waals surface area contributed by atoms with Crippen molar-refractivity contribution in [2.24, 2.45) is 0 Å². The van der Waals surface area contributed by atoms with Gasteiger partial charge in [-0.2, -0.15) is 5.10 Å². The number of nitrogens with zero attached hydrogens (tertiary/aromatic N) is 3. The van der Waals surface area contributed by atoms with Crippen molar-refractivity contribution in [2.75, 3.05) is 0 Å². The van der Waals surface area contributed by atoms with E-state index in [1.165, 1.54) is 47.5 Å². The van der Waals surface area contributed by atoms with E-state index >= 15 is 0 Å². The molecule has 24 heavy (non-hydrogen) atoms. The Bertz CT molecular complexity index is 992. The lowest BCUT2D eigenvalue weighted by atomic mass is 10.1. The lowest BCUT2D eigenvalue weighted by Crippen LogP contribution is -1.99. The molecule has 3 heterocycles. The van der Waals surface area contributed by atoms with Crippen LogP contribution in [-0.4, -0.2) is 14.8 Å². The van der Waals surface area contributed by atoms with E-state index in [1.807, 2.05) is 0 Å². The molecule has 0 aliphatic rings. The van der Waals surface area contributed by atoms with Crippen molar-refractivity contribution < 1.29 is 17.6 Å². The van der Waals surface area contributed by atoms with Gasteiger partial charge in [0.1, 0.15) is 11.5 Å². The number of furan rings is 1. The predicted octanol–water partition coefficient (Wildman–Crippen LogP) is 4.76. The molecule has 0 bridgehead atoms. The standard InChI is InChI=1S/C17H10F3N3O/c18-10-3-5-11(6-4-10)23-17-13(9-21-23)12(16(19)20)8-14(22-17)15-2-1-7-24-15/h1-9,16H. The number of fused-ring (bicyclic) bond motifs is 1. The number of pyridine rings is 1. The fourth-order valence-electron chi connectivity index (χ4n) is 2.53. The third kappa shape index (κ3) is 2.34. The van der Waals surface area contributed by atoms with Crippen LogP contribution in [0.25, 0.3) is 28.2 Å². The lowest BCUT2D eigenvalue weighted by Gasteiger charge is -2.07. The fourth-order valence-corrected chi connectivity index (χ4v) is 2.53. The highest BCUT2D eigenvalue weighted by Crippen LogP contribution is 2.32. The molecule has 0 fully saturated rings. The number of alkyl halides is 2. The van der Waals surface area contributed by atoms with Gasteiger partial charge in [-0.25, -0.2) is 22.8 Å². The van der Waals surface area contributed by atoms with Crippen molar-refractivity contribution in [1.29, 1.82) is 0 Å². The van der Waals surface area contributed by atoms with Gasteiger partial charge in [0.05, 0.1) is 18.1 Å². The molecule has 0 N–H and O–H groups in total. The smallest absolute Gasteiger partial charge is 0.264 e. The van der Waals surface area contributed by atoms with Gasteiger partial charge in [0.2, 0.25) is 0 Å². The molecule has 4 aromatic rings. The van der Waals surface area contributed by atoms with Crippen LogP contribution in [0.15, 0.2) is 59.3 Å². The van der Waals surface area contributed by atoms with Crippen molar-refractivity contribution in [3.05, 3.63) is 66.3 Å². The molecule has 3 aromatic heterocycles. The summed E-state index contributed by atoms with van der Waals surface area (Å²) in [5.74, 6) is -0.0154. The second kappa shape index (κ2) is 5.52. The highest BCUT2D eigenvalue weighted by atomic mass is 19.3. The molecule has 0 saturated heterocycles. The Morgan fingerprint density at radius 3 is 2.54 bits per heavy atom. The average molecular weight is 329 g/mol. The van der Waals surface area contributed by atoms with Gasteiger partial charge < -0.3 is 4.42 Å². The van der Waals surface area contributed by atoms with Crippen LogP contribution in [0.2, 0.25) is 0 Å². The molecule has 1 aromatic carbocycles. The van der Waals surface area contributed by atoms with Crippen molar-refractivity contribution in [3.8, 4) is 17.1 Å². The van der Waals surface area contributed by atoms with Gasteiger partial charge in [-0.05, 0) is 42.5 Å². The maximum Gasteiger partial charge on any atom is 0.264 e. The quantitative estimate of drug-likeness (QED) is 0.544. The third-order valence-corrected chi connectivity index (χ3v) is 3.65. The molecule has 0 aliphatic carbocycles. The first-order valence-electron chi connectivity index (χ1n) is 7.10. The summed E-state index contributed by atoms with van der Waals surface area (Å²) >= 11 is 0. The maximum atomic E-state index is 13.4. The molecule has 0 aliphatic heterocycles. The molecule has 0 amide bonds. The van der Waals surface area contributed by atoms with Gasteiger partial charge in [-0.15, -0.1) is 0 Å². The van der Waals surface area contributed by atoms with Crippen LogP contribution >= 0.6 is 0 Å². The molecule has 0 atom stereocenters. The molecular weight excluding hydrogens is 319 g/mol. The minimum absolute atomic E-state index is 0.181.